The highest BCUT2D eigenvalue weighted by Gasteiger charge is 2.30. The number of carbonyl (C=O) groups is 2. The molecule has 0 saturated carbocycles. The van der Waals surface area contributed by atoms with Crippen LogP contribution in [0.3, 0.4) is 0 Å². The number of hydrogen-bond acceptors (Lipinski definition) is 5. The van der Waals surface area contributed by atoms with Crippen LogP contribution in [0.1, 0.15) is 26.2 Å². The lowest BCUT2D eigenvalue weighted by Crippen LogP contribution is -2.37. The smallest absolute Gasteiger partial charge is 0.320 e. The quantitative estimate of drug-likeness (QED) is 0.766. The normalized spacial score (nSPS) is 18.5. The second-order valence-corrected chi connectivity index (χ2v) is 8.02. The Morgan fingerprint density at radius 1 is 1.29 bits per heavy atom. The predicted octanol–water partition coefficient (Wildman–Crippen LogP) is 1.36. The molecule has 0 spiro atoms. The first-order valence-electron chi connectivity index (χ1n) is 7.87. The van der Waals surface area contributed by atoms with Crippen LogP contribution in [0.2, 0.25) is 0 Å². The summed E-state index contributed by atoms with van der Waals surface area (Å²) >= 11 is 0. The van der Waals surface area contributed by atoms with Gasteiger partial charge < -0.3 is 10.4 Å². The number of nitrogens with zero attached hydrogens (tertiary/aromatic N) is 1. The predicted molar refractivity (Wildman–Crippen MR) is 89.6 cm³/mol. The Labute approximate surface area is 141 Å². The van der Waals surface area contributed by atoms with Crippen molar-refractivity contribution in [2.24, 2.45) is 0 Å². The van der Waals surface area contributed by atoms with Gasteiger partial charge in [0.05, 0.1) is 10.6 Å². The molecule has 0 bridgehead atoms. The van der Waals surface area contributed by atoms with Crippen LogP contribution in [0, 0.1) is 0 Å². The number of rotatable bonds is 7. The van der Waals surface area contributed by atoms with Crippen molar-refractivity contribution < 1.29 is 23.1 Å². The zero-order valence-electron chi connectivity index (χ0n) is 13.6. The Morgan fingerprint density at radius 2 is 1.96 bits per heavy atom. The van der Waals surface area contributed by atoms with Crippen LogP contribution >= 0.6 is 0 Å². The van der Waals surface area contributed by atoms with E-state index in [0.717, 1.165) is 6.42 Å². The standard InChI is InChI=1S/C16H22N2O5S/c1-12(19)17-13-5-7-14(8-6-13)24(22,23)11-3-10-18-9-2-4-15(18)16(20)21/h5-8,15H,2-4,9-11H2,1H3,(H,17,19)(H,20,21)/t15-/m0/s1. The van der Waals surface area contributed by atoms with E-state index in [2.05, 4.69) is 5.32 Å². The van der Waals surface area contributed by atoms with E-state index in [1.807, 2.05) is 4.90 Å². The molecule has 0 aliphatic carbocycles. The fourth-order valence-corrected chi connectivity index (χ4v) is 4.19. The molecule has 1 aliphatic rings. The Bertz CT molecular complexity index is 700. The number of benzene rings is 1. The largest absolute Gasteiger partial charge is 0.480 e. The van der Waals surface area contributed by atoms with Crippen molar-refractivity contribution in [2.75, 3.05) is 24.2 Å². The molecule has 1 fully saturated rings. The summed E-state index contributed by atoms with van der Waals surface area (Å²) in [5.41, 5.74) is 0.544. The summed E-state index contributed by atoms with van der Waals surface area (Å²) in [4.78, 5) is 24.1. The molecule has 24 heavy (non-hydrogen) atoms. The van der Waals surface area contributed by atoms with E-state index in [1.165, 1.54) is 19.1 Å². The van der Waals surface area contributed by atoms with Crippen LogP contribution < -0.4 is 5.32 Å². The number of carbonyl (C=O) groups excluding carboxylic acids is 1. The summed E-state index contributed by atoms with van der Waals surface area (Å²) in [6, 6.07) is 5.54. The number of carboxylic acid groups (broad SMARTS) is 1. The molecule has 1 aromatic rings. The molecule has 2 rings (SSSR count). The molecule has 8 heteroatoms. The van der Waals surface area contributed by atoms with E-state index < -0.39 is 21.8 Å². The van der Waals surface area contributed by atoms with Crippen molar-refractivity contribution in [1.29, 1.82) is 0 Å². The molecule has 7 nitrogen and oxygen atoms in total. The van der Waals surface area contributed by atoms with Crippen molar-refractivity contribution in [3.8, 4) is 0 Å². The van der Waals surface area contributed by atoms with Crippen LogP contribution in [0.5, 0.6) is 0 Å². The lowest BCUT2D eigenvalue weighted by Gasteiger charge is -2.20. The molecular formula is C16H22N2O5S. The number of anilines is 1. The van der Waals surface area contributed by atoms with E-state index in [9.17, 15) is 18.0 Å². The maximum Gasteiger partial charge on any atom is 0.320 e. The van der Waals surface area contributed by atoms with Crippen molar-refractivity contribution >= 4 is 27.4 Å². The van der Waals surface area contributed by atoms with Crippen LogP contribution in [-0.2, 0) is 19.4 Å². The molecule has 132 valence electrons. The maximum absolute atomic E-state index is 12.3. The molecule has 1 heterocycles. The summed E-state index contributed by atoms with van der Waals surface area (Å²) in [7, 11) is -3.42. The summed E-state index contributed by atoms with van der Waals surface area (Å²) in [5.74, 6) is -1.09. The Kier molecular flexibility index (Phi) is 5.95. The molecule has 1 atom stereocenters. The highest BCUT2D eigenvalue weighted by Crippen LogP contribution is 2.19. The van der Waals surface area contributed by atoms with Crippen LogP contribution in [-0.4, -0.2) is 55.2 Å². The van der Waals surface area contributed by atoms with Gasteiger partial charge in [0, 0.05) is 12.6 Å². The van der Waals surface area contributed by atoms with E-state index in [-0.39, 0.29) is 16.6 Å². The summed E-state index contributed by atoms with van der Waals surface area (Å²) in [6.45, 7) is 2.54. The van der Waals surface area contributed by atoms with Gasteiger partial charge in [0.1, 0.15) is 6.04 Å². The van der Waals surface area contributed by atoms with Gasteiger partial charge >= 0.3 is 5.97 Å². The average molecular weight is 354 g/mol. The highest BCUT2D eigenvalue weighted by atomic mass is 32.2. The highest BCUT2D eigenvalue weighted by molar-refractivity contribution is 7.91. The summed E-state index contributed by atoms with van der Waals surface area (Å²) in [5, 5.41) is 11.7. The van der Waals surface area contributed by atoms with Crippen LogP contribution in [0.15, 0.2) is 29.2 Å². The Morgan fingerprint density at radius 3 is 2.54 bits per heavy atom. The average Bonchev–Trinajstić information content (AvgIpc) is 2.95. The van der Waals surface area contributed by atoms with Gasteiger partial charge in [-0.3, -0.25) is 14.5 Å². The van der Waals surface area contributed by atoms with Crippen molar-refractivity contribution in [2.45, 2.75) is 37.1 Å². The van der Waals surface area contributed by atoms with Crippen LogP contribution in [0.25, 0.3) is 0 Å². The second kappa shape index (κ2) is 7.76. The van der Waals surface area contributed by atoms with Crippen molar-refractivity contribution in [3.63, 3.8) is 0 Å². The van der Waals surface area contributed by atoms with E-state index >= 15 is 0 Å². The van der Waals surface area contributed by atoms with Gasteiger partial charge in [0.25, 0.3) is 0 Å². The molecule has 2 N–H and O–H groups in total. The second-order valence-electron chi connectivity index (χ2n) is 5.91. The minimum Gasteiger partial charge on any atom is -0.480 e. The molecule has 0 radical (unpaired) electrons. The van der Waals surface area contributed by atoms with Gasteiger partial charge in [-0.15, -0.1) is 0 Å². The van der Waals surface area contributed by atoms with Gasteiger partial charge in [-0.05, 0) is 56.6 Å². The minimum absolute atomic E-state index is 0.0324. The van der Waals surface area contributed by atoms with E-state index in [0.29, 0.717) is 31.6 Å². The zero-order valence-corrected chi connectivity index (χ0v) is 14.4. The van der Waals surface area contributed by atoms with Crippen LogP contribution in [0.4, 0.5) is 5.69 Å². The summed E-state index contributed by atoms with van der Waals surface area (Å²) in [6.07, 6.45) is 1.83. The maximum atomic E-state index is 12.3. The first kappa shape index (κ1) is 18.4. The van der Waals surface area contributed by atoms with Gasteiger partial charge in [-0.25, -0.2) is 8.42 Å². The Balaban J connectivity index is 1.91. The molecule has 0 aromatic heterocycles. The third kappa shape index (κ3) is 4.78. The van der Waals surface area contributed by atoms with Gasteiger partial charge in [0.15, 0.2) is 9.84 Å². The van der Waals surface area contributed by atoms with E-state index in [4.69, 9.17) is 5.11 Å². The fraction of sp³-hybridized carbons (Fsp3) is 0.500. The number of hydrogen-bond donors (Lipinski definition) is 2. The third-order valence-corrected chi connectivity index (χ3v) is 5.86. The molecular weight excluding hydrogens is 332 g/mol. The zero-order chi connectivity index (χ0) is 17.7. The minimum atomic E-state index is -3.42. The summed E-state index contributed by atoms with van der Waals surface area (Å²) < 4.78 is 24.7. The number of carboxylic acids is 1. The van der Waals surface area contributed by atoms with Crippen molar-refractivity contribution in [1.82, 2.24) is 4.90 Å². The SMILES string of the molecule is CC(=O)Nc1ccc(S(=O)(=O)CCCN2CCC[C@H]2C(=O)O)cc1. The topological polar surface area (TPSA) is 104 Å². The molecule has 1 amide bonds. The van der Waals surface area contributed by atoms with Gasteiger partial charge in [0.2, 0.25) is 5.91 Å². The molecule has 1 saturated heterocycles. The number of amides is 1. The number of sulfone groups is 1. The third-order valence-electron chi connectivity index (χ3n) is 4.04. The molecule has 1 aromatic carbocycles. The first-order valence-corrected chi connectivity index (χ1v) is 9.52. The molecule has 0 unspecified atom stereocenters. The van der Waals surface area contributed by atoms with Crippen molar-refractivity contribution in [3.05, 3.63) is 24.3 Å². The van der Waals surface area contributed by atoms with Gasteiger partial charge in [-0.1, -0.05) is 0 Å². The first-order chi connectivity index (χ1) is 11.3. The van der Waals surface area contributed by atoms with Gasteiger partial charge in [-0.2, -0.15) is 0 Å². The lowest BCUT2D eigenvalue weighted by atomic mass is 10.2. The monoisotopic (exact) mass is 354 g/mol. The number of likely N-dealkylation sites (tertiary alicyclic amines) is 1. The number of nitrogens with one attached hydrogen (secondary N) is 1. The Hall–Kier alpha value is -1.93. The van der Waals surface area contributed by atoms with E-state index in [1.54, 1.807) is 12.1 Å². The fourth-order valence-electron chi connectivity index (χ4n) is 2.90. The number of aliphatic carboxylic acids is 1. The molecule has 1 aliphatic heterocycles. The lowest BCUT2D eigenvalue weighted by molar-refractivity contribution is -0.142.